The van der Waals surface area contributed by atoms with Crippen LogP contribution >= 0.6 is 0 Å². The van der Waals surface area contributed by atoms with Gasteiger partial charge in [-0.3, -0.25) is 4.79 Å². The highest BCUT2D eigenvalue weighted by Crippen LogP contribution is 2.30. The molecule has 0 N–H and O–H groups in total. The predicted octanol–water partition coefficient (Wildman–Crippen LogP) is 2.83. The number of sulfonamides is 1. The Morgan fingerprint density at radius 2 is 1.88 bits per heavy atom. The van der Waals surface area contributed by atoms with Crippen molar-refractivity contribution in [1.82, 2.24) is 4.90 Å². The van der Waals surface area contributed by atoms with Crippen molar-refractivity contribution in [3.8, 4) is 0 Å². The normalized spacial score (nSPS) is 20.6. The molecule has 26 heavy (non-hydrogen) atoms. The van der Waals surface area contributed by atoms with Crippen LogP contribution in [-0.4, -0.2) is 44.3 Å². The number of hydrogen-bond acceptors (Lipinski definition) is 5. The van der Waals surface area contributed by atoms with Crippen molar-refractivity contribution in [2.24, 2.45) is 16.2 Å². The smallest absolute Gasteiger partial charge is 0.309 e. The molecule has 6 nitrogen and oxygen atoms in total. The van der Waals surface area contributed by atoms with Gasteiger partial charge in [-0.05, 0) is 44.2 Å². The van der Waals surface area contributed by atoms with Gasteiger partial charge in [-0.15, -0.1) is 4.40 Å². The van der Waals surface area contributed by atoms with Crippen molar-refractivity contribution in [2.75, 3.05) is 13.1 Å². The number of hydrogen-bond donors (Lipinski definition) is 0. The van der Waals surface area contributed by atoms with Gasteiger partial charge in [0.25, 0.3) is 10.0 Å². The number of carbonyl (C=O) groups is 1. The Morgan fingerprint density at radius 3 is 2.54 bits per heavy atom. The highest BCUT2D eigenvalue weighted by molar-refractivity contribution is 7.90. The number of ether oxygens (including phenoxy) is 1. The van der Waals surface area contributed by atoms with Gasteiger partial charge in [0, 0.05) is 18.7 Å². The third-order valence-corrected chi connectivity index (χ3v) is 6.19. The predicted molar refractivity (Wildman–Crippen MR) is 99.5 cm³/mol. The van der Waals surface area contributed by atoms with Gasteiger partial charge in [0.2, 0.25) is 0 Å². The maximum Gasteiger partial charge on any atom is 0.309 e. The molecule has 1 unspecified atom stereocenters. The van der Waals surface area contributed by atoms with E-state index in [0.717, 1.165) is 6.42 Å². The SMILES string of the molecule is CC(C)CC(C)OC(=O)C1CCN(C2=NS(=O)(=O)c3ccccc32)CC1. The minimum atomic E-state index is -3.61. The number of esters is 1. The van der Waals surface area contributed by atoms with Crippen LogP contribution in [0, 0.1) is 11.8 Å². The second kappa shape index (κ2) is 7.39. The number of rotatable bonds is 4. The van der Waals surface area contributed by atoms with Crippen molar-refractivity contribution in [2.45, 2.75) is 51.0 Å². The molecule has 0 radical (unpaired) electrons. The van der Waals surface area contributed by atoms with Crippen LogP contribution in [-0.2, 0) is 19.6 Å². The molecule has 0 amide bonds. The first-order chi connectivity index (χ1) is 12.3. The van der Waals surface area contributed by atoms with E-state index in [1.165, 1.54) is 0 Å². The van der Waals surface area contributed by atoms with Crippen LogP contribution in [0.15, 0.2) is 33.6 Å². The molecular weight excluding hydrogens is 352 g/mol. The molecule has 2 heterocycles. The minimum Gasteiger partial charge on any atom is -0.462 e. The van der Waals surface area contributed by atoms with Crippen LogP contribution in [0.1, 0.15) is 45.6 Å². The van der Waals surface area contributed by atoms with Crippen LogP contribution < -0.4 is 0 Å². The summed E-state index contributed by atoms with van der Waals surface area (Å²) in [4.78, 5) is 14.6. The summed E-state index contributed by atoms with van der Waals surface area (Å²) < 4.78 is 33.9. The quantitative estimate of drug-likeness (QED) is 0.753. The number of likely N-dealkylation sites (tertiary alicyclic amines) is 1. The number of fused-ring (bicyclic) bond motifs is 1. The van der Waals surface area contributed by atoms with Gasteiger partial charge >= 0.3 is 5.97 Å². The molecular formula is C19H26N2O4S. The van der Waals surface area contributed by atoms with Crippen molar-refractivity contribution < 1.29 is 17.9 Å². The van der Waals surface area contributed by atoms with Crippen molar-refractivity contribution in [3.63, 3.8) is 0 Å². The van der Waals surface area contributed by atoms with E-state index in [-0.39, 0.29) is 22.9 Å². The second-order valence-electron chi connectivity index (χ2n) is 7.52. The highest BCUT2D eigenvalue weighted by Gasteiger charge is 2.35. The number of carbonyl (C=O) groups excluding carboxylic acids is 1. The zero-order valence-corrected chi connectivity index (χ0v) is 16.3. The molecule has 2 aliphatic rings. The summed E-state index contributed by atoms with van der Waals surface area (Å²) in [6.07, 6.45) is 2.08. The summed E-state index contributed by atoms with van der Waals surface area (Å²) in [6, 6.07) is 6.89. The maximum absolute atomic E-state index is 12.4. The molecule has 0 aromatic heterocycles. The third kappa shape index (κ3) is 3.92. The second-order valence-corrected chi connectivity index (χ2v) is 9.10. The van der Waals surface area contributed by atoms with Gasteiger partial charge in [-0.2, -0.15) is 8.42 Å². The first kappa shape index (κ1) is 18.9. The van der Waals surface area contributed by atoms with E-state index in [2.05, 4.69) is 18.2 Å². The van der Waals surface area contributed by atoms with Gasteiger partial charge in [-0.1, -0.05) is 26.0 Å². The summed E-state index contributed by atoms with van der Waals surface area (Å²) in [6.45, 7) is 7.35. The molecule has 0 aliphatic carbocycles. The van der Waals surface area contributed by atoms with Gasteiger partial charge in [-0.25, -0.2) is 0 Å². The van der Waals surface area contributed by atoms with Gasteiger partial charge < -0.3 is 9.64 Å². The standard InChI is InChI=1S/C19H26N2O4S/c1-13(2)12-14(3)25-19(22)15-8-10-21(11-9-15)18-16-6-4-5-7-17(16)26(23,24)20-18/h4-7,13-15H,8-12H2,1-3H3. The fourth-order valence-electron chi connectivity index (χ4n) is 3.65. The van der Waals surface area contributed by atoms with Crippen LogP contribution in [0.3, 0.4) is 0 Å². The molecule has 142 valence electrons. The fourth-order valence-corrected chi connectivity index (χ4v) is 4.88. The lowest BCUT2D eigenvalue weighted by molar-refractivity contribution is -0.155. The average Bonchev–Trinajstić information content (AvgIpc) is 2.86. The van der Waals surface area contributed by atoms with E-state index in [0.29, 0.717) is 43.2 Å². The van der Waals surface area contributed by atoms with Gasteiger partial charge in [0.15, 0.2) is 5.84 Å². The first-order valence-corrected chi connectivity index (χ1v) is 10.6. The van der Waals surface area contributed by atoms with E-state index in [4.69, 9.17) is 4.74 Å². The zero-order chi connectivity index (χ0) is 18.9. The molecule has 2 aliphatic heterocycles. The lowest BCUT2D eigenvalue weighted by Gasteiger charge is -2.32. The van der Waals surface area contributed by atoms with Gasteiger partial charge in [0.1, 0.15) is 4.90 Å². The van der Waals surface area contributed by atoms with Crippen LogP contribution in [0.4, 0.5) is 0 Å². The molecule has 1 aromatic rings. The van der Waals surface area contributed by atoms with E-state index in [9.17, 15) is 13.2 Å². The summed E-state index contributed by atoms with van der Waals surface area (Å²) in [7, 11) is -3.61. The Morgan fingerprint density at radius 1 is 1.23 bits per heavy atom. The summed E-state index contributed by atoms with van der Waals surface area (Å²) in [5.74, 6) is 0.719. The number of piperidine rings is 1. The first-order valence-electron chi connectivity index (χ1n) is 9.17. The Balaban J connectivity index is 1.62. The zero-order valence-electron chi connectivity index (χ0n) is 15.5. The van der Waals surface area contributed by atoms with Gasteiger partial charge in [0.05, 0.1) is 12.0 Å². The molecule has 1 saturated heterocycles. The number of amidine groups is 1. The molecule has 0 saturated carbocycles. The Bertz CT molecular complexity index is 809. The minimum absolute atomic E-state index is 0.0724. The molecule has 7 heteroatoms. The number of nitrogens with zero attached hydrogens (tertiary/aromatic N) is 2. The Kier molecular flexibility index (Phi) is 5.37. The Labute approximate surface area is 155 Å². The van der Waals surface area contributed by atoms with E-state index in [1.807, 2.05) is 17.9 Å². The van der Waals surface area contributed by atoms with E-state index < -0.39 is 10.0 Å². The van der Waals surface area contributed by atoms with Crippen LogP contribution in [0.2, 0.25) is 0 Å². The summed E-state index contributed by atoms with van der Waals surface area (Å²) >= 11 is 0. The summed E-state index contributed by atoms with van der Waals surface area (Å²) in [5.41, 5.74) is 0.652. The van der Waals surface area contributed by atoms with Crippen LogP contribution in [0.5, 0.6) is 0 Å². The lowest BCUT2D eigenvalue weighted by atomic mass is 9.96. The molecule has 1 fully saturated rings. The largest absolute Gasteiger partial charge is 0.462 e. The molecule has 0 spiro atoms. The highest BCUT2D eigenvalue weighted by atomic mass is 32.2. The van der Waals surface area contributed by atoms with Crippen LogP contribution in [0.25, 0.3) is 0 Å². The average molecular weight is 378 g/mol. The lowest BCUT2D eigenvalue weighted by Crippen LogP contribution is -2.41. The third-order valence-electron chi connectivity index (χ3n) is 4.86. The van der Waals surface area contributed by atoms with E-state index >= 15 is 0 Å². The van der Waals surface area contributed by atoms with Crippen molar-refractivity contribution >= 4 is 21.8 Å². The number of benzene rings is 1. The maximum atomic E-state index is 12.4. The summed E-state index contributed by atoms with van der Waals surface area (Å²) in [5, 5.41) is 0. The van der Waals surface area contributed by atoms with Crippen molar-refractivity contribution in [1.29, 1.82) is 0 Å². The van der Waals surface area contributed by atoms with Crippen molar-refractivity contribution in [3.05, 3.63) is 29.8 Å². The molecule has 1 atom stereocenters. The molecule has 3 rings (SSSR count). The topological polar surface area (TPSA) is 76.0 Å². The molecule has 1 aromatic carbocycles. The molecule has 0 bridgehead atoms. The fraction of sp³-hybridized carbons (Fsp3) is 0.579. The Hall–Kier alpha value is -1.89. The van der Waals surface area contributed by atoms with E-state index in [1.54, 1.807) is 18.2 Å². The monoisotopic (exact) mass is 378 g/mol.